The average molecular weight is 342 g/mol. The van der Waals surface area contributed by atoms with E-state index in [-0.39, 0.29) is 5.69 Å². The van der Waals surface area contributed by atoms with Crippen molar-refractivity contribution in [2.75, 3.05) is 19.1 Å². The third kappa shape index (κ3) is 2.93. The van der Waals surface area contributed by atoms with Crippen LogP contribution in [0.5, 0.6) is 5.75 Å². The number of rotatable bonds is 4. The van der Waals surface area contributed by atoms with Gasteiger partial charge in [-0.25, -0.2) is 8.78 Å². The molecule has 2 aromatic rings. The summed E-state index contributed by atoms with van der Waals surface area (Å²) in [7, 11) is 3.19. The van der Waals surface area contributed by atoms with Crippen molar-refractivity contribution in [3.63, 3.8) is 0 Å². The van der Waals surface area contributed by atoms with E-state index in [1.165, 1.54) is 17.0 Å². The molecule has 0 aliphatic carbocycles. The molecule has 106 valence electrons. The van der Waals surface area contributed by atoms with E-state index in [0.717, 1.165) is 0 Å². The highest BCUT2D eigenvalue weighted by Crippen LogP contribution is 2.31. The van der Waals surface area contributed by atoms with Crippen molar-refractivity contribution < 1.29 is 13.5 Å². The van der Waals surface area contributed by atoms with Gasteiger partial charge >= 0.3 is 0 Å². The van der Waals surface area contributed by atoms with E-state index in [9.17, 15) is 8.78 Å². The van der Waals surface area contributed by atoms with Crippen LogP contribution in [0.3, 0.4) is 0 Å². The highest BCUT2D eigenvalue weighted by atomic mass is 79.9. The highest BCUT2D eigenvalue weighted by molar-refractivity contribution is 9.08. The van der Waals surface area contributed by atoms with Crippen LogP contribution in [-0.2, 0) is 5.33 Å². The van der Waals surface area contributed by atoms with Crippen LogP contribution >= 0.6 is 15.9 Å². The molecular formula is C15H14BrF2NO. The topological polar surface area (TPSA) is 12.5 Å². The molecule has 0 spiro atoms. The Morgan fingerprint density at radius 2 is 1.65 bits per heavy atom. The van der Waals surface area contributed by atoms with Gasteiger partial charge in [-0.15, -0.1) is 0 Å². The van der Waals surface area contributed by atoms with Gasteiger partial charge in [0.25, 0.3) is 0 Å². The Morgan fingerprint density at radius 3 is 2.10 bits per heavy atom. The van der Waals surface area contributed by atoms with E-state index < -0.39 is 11.6 Å². The van der Waals surface area contributed by atoms with Gasteiger partial charge in [-0.2, -0.15) is 0 Å². The Balaban J connectivity index is 2.39. The summed E-state index contributed by atoms with van der Waals surface area (Å²) >= 11 is 3.19. The van der Waals surface area contributed by atoms with Gasteiger partial charge in [0.05, 0.1) is 7.11 Å². The zero-order valence-electron chi connectivity index (χ0n) is 11.2. The molecule has 0 fully saturated rings. The standard InChI is InChI=1S/C15H14BrF2NO/c1-19(11-3-5-12(20-2)6-4-11)15-13(17)7-10(9-16)8-14(15)18/h3-8H,9H2,1-2H3. The van der Waals surface area contributed by atoms with E-state index >= 15 is 0 Å². The second-order valence-corrected chi connectivity index (χ2v) is 4.86. The lowest BCUT2D eigenvalue weighted by molar-refractivity contribution is 0.415. The third-order valence-electron chi connectivity index (χ3n) is 3.03. The summed E-state index contributed by atoms with van der Waals surface area (Å²) in [6.45, 7) is 0. The van der Waals surface area contributed by atoms with Gasteiger partial charge in [0, 0.05) is 18.1 Å². The van der Waals surface area contributed by atoms with Crippen LogP contribution in [0, 0.1) is 11.6 Å². The molecule has 2 nitrogen and oxygen atoms in total. The zero-order chi connectivity index (χ0) is 14.7. The Bertz CT molecular complexity index is 578. The number of benzene rings is 2. The molecule has 0 unspecified atom stereocenters. The van der Waals surface area contributed by atoms with E-state index in [1.54, 1.807) is 38.4 Å². The van der Waals surface area contributed by atoms with E-state index in [4.69, 9.17) is 4.74 Å². The van der Waals surface area contributed by atoms with E-state index in [0.29, 0.717) is 22.3 Å². The summed E-state index contributed by atoms with van der Waals surface area (Å²) in [4.78, 5) is 1.47. The molecule has 0 radical (unpaired) electrons. The van der Waals surface area contributed by atoms with Crippen LogP contribution in [0.4, 0.5) is 20.2 Å². The monoisotopic (exact) mass is 341 g/mol. The van der Waals surface area contributed by atoms with Crippen molar-refractivity contribution >= 4 is 27.3 Å². The second-order valence-electron chi connectivity index (χ2n) is 4.30. The van der Waals surface area contributed by atoms with Crippen molar-refractivity contribution in [1.29, 1.82) is 0 Å². The molecule has 0 aliphatic heterocycles. The number of halogens is 3. The Hall–Kier alpha value is -1.62. The SMILES string of the molecule is COc1ccc(N(C)c2c(F)cc(CBr)cc2F)cc1. The molecule has 0 saturated heterocycles. The van der Waals surface area contributed by atoms with Crippen LogP contribution in [0.2, 0.25) is 0 Å². The summed E-state index contributed by atoms with van der Waals surface area (Å²) in [6.07, 6.45) is 0. The van der Waals surface area contributed by atoms with Gasteiger partial charge < -0.3 is 9.64 Å². The van der Waals surface area contributed by atoms with Crippen molar-refractivity contribution in [3.8, 4) is 5.75 Å². The first-order chi connectivity index (χ1) is 9.56. The number of alkyl halides is 1. The number of ether oxygens (including phenoxy) is 1. The first-order valence-corrected chi connectivity index (χ1v) is 7.10. The highest BCUT2D eigenvalue weighted by Gasteiger charge is 2.16. The lowest BCUT2D eigenvalue weighted by Gasteiger charge is -2.21. The van der Waals surface area contributed by atoms with E-state index in [2.05, 4.69) is 15.9 Å². The second kappa shape index (κ2) is 6.22. The fraction of sp³-hybridized carbons (Fsp3) is 0.200. The Kier molecular flexibility index (Phi) is 4.60. The van der Waals surface area contributed by atoms with Crippen LogP contribution in [0.25, 0.3) is 0 Å². The molecule has 0 atom stereocenters. The average Bonchev–Trinajstić information content (AvgIpc) is 2.46. The first-order valence-electron chi connectivity index (χ1n) is 5.98. The first kappa shape index (κ1) is 14.8. The molecule has 0 aromatic heterocycles. The smallest absolute Gasteiger partial charge is 0.150 e. The number of methoxy groups -OCH3 is 1. The van der Waals surface area contributed by atoms with Gasteiger partial charge in [-0.1, -0.05) is 15.9 Å². The minimum Gasteiger partial charge on any atom is -0.497 e. The molecule has 2 aromatic carbocycles. The van der Waals surface area contributed by atoms with Gasteiger partial charge in [-0.3, -0.25) is 0 Å². The van der Waals surface area contributed by atoms with Crippen molar-refractivity contribution in [2.45, 2.75) is 5.33 Å². The molecular weight excluding hydrogens is 328 g/mol. The fourth-order valence-corrected chi connectivity index (χ4v) is 2.27. The maximum atomic E-state index is 14.1. The summed E-state index contributed by atoms with van der Waals surface area (Å²) < 4.78 is 33.2. The maximum absolute atomic E-state index is 14.1. The lowest BCUT2D eigenvalue weighted by atomic mass is 10.1. The van der Waals surface area contributed by atoms with Gasteiger partial charge in [0.2, 0.25) is 0 Å². The molecule has 20 heavy (non-hydrogen) atoms. The molecule has 0 saturated carbocycles. The quantitative estimate of drug-likeness (QED) is 0.751. The summed E-state index contributed by atoms with van der Waals surface area (Å²) in [6, 6.07) is 9.63. The molecule has 2 rings (SSSR count). The normalized spacial score (nSPS) is 10.4. The minimum absolute atomic E-state index is 0.0696. The minimum atomic E-state index is -0.585. The van der Waals surface area contributed by atoms with Crippen molar-refractivity contribution in [2.24, 2.45) is 0 Å². The zero-order valence-corrected chi connectivity index (χ0v) is 12.7. The molecule has 5 heteroatoms. The molecule has 0 heterocycles. The predicted octanol–water partition coefficient (Wildman–Crippen LogP) is 4.64. The summed E-state index contributed by atoms with van der Waals surface area (Å²) in [5.41, 5.74) is 1.17. The molecule has 0 amide bonds. The fourth-order valence-electron chi connectivity index (χ4n) is 1.95. The van der Waals surface area contributed by atoms with Crippen LogP contribution in [0.1, 0.15) is 5.56 Å². The predicted molar refractivity (Wildman–Crippen MR) is 80.0 cm³/mol. The van der Waals surface area contributed by atoms with Gasteiger partial charge in [0.15, 0.2) is 0 Å². The third-order valence-corrected chi connectivity index (χ3v) is 3.67. The van der Waals surface area contributed by atoms with E-state index in [1.807, 2.05) is 0 Å². The number of hydrogen-bond acceptors (Lipinski definition) is 2. The Morgan fingerprint density at radius 1 is 1.10 bits per heavy atom. The number of hydrogen-bond donors (Lipinski definition) is 0. The summed E-state index contributed by atoms with van der Waals surface area (Å²) in [5, 5.41) is 0.410. The summed E-state index contributed by atoms with van der Waals surface area (Å²) in [5.74, 6) is -0.478. The lowest BCUT2D eigenvalue weighted by Crippen LogP contribution is -2.13. The molecule has 0 bridgehead atoms. The number of nitrogens with zero attached hydrogens (tertiary/aromatic N) is 1. The van der Waals surface area contributed by atoms with Crippen LogP contribution in [0.15, 0.2) is 36.4 Å². The van der Waals surface area contributed by atoms with Gasteiger partial charge in [0.1, 0.15) is 23.1 Å². The molecule has 0 aliphatic rings. The van der Waals surface area contributed by atoms with Gasteiger partial charge in [-0.05, 0) is 42.0 Å². The maximum Gasteiger partial charge on any atom is 0.150 e. The molecule has 0 N–H and O–H groups in total. The largest absolute Gasteiger partial charge is 0.497 e. The van der Waals surface area contributed by atoms with Crippen LogP contribution < -0.4 is 9.64 Å². The van der Waals surface area contributed by atoms with Crippen molar-refractivity contribution in [3.05, 3.63) is 53.6 Å². The Labute approximate surface area is 125 Å². The number of anilines is 2. The van der Waals surface area contributed by atoms with Crippen LogP contribution in [-0.4, -0.2) is 14.2 Å². The van der Waals surface area contributed by atoms with Crippen molar-refractivity contribution in [1.82, 2.24) is 0 Å².